The topological polar surface area (TPSA) is 107 Å². The minimum Gasteiger partial charge on any atom is -0.307 e. The van der Waals surface area contributed by atoms with Crippen LogP contribution < -0.4 is 11.3 Å². The first-order valence-corrected chi connectivity index (χ1v) is 4.76. The highest BCUT2D eigenvalue weighted by molar-refractivity contribution is 5.62. The third-order valence-corrected chi connectivity index (χ3v) is 2.17. The summed E-state index contributed by atoms with van der Waals surface area (Å²) in [6.45, 7) is 0. The van der Waals surface area contributed by atoms with Crippen LogP contribution in [-0.4, -0.2) is 15.1 Å². The molecule has 0 saturated carbocycles. The van der Waals surface area contributed by atoms with Crippen LogP contribution in [-0.2, 0) is 0 Å². The van der Waals surface area contributed by atoms with E-state index in [1.165, 1.54) is 12.1 Å². The summed E-state index contributed by atoms with van der Waals surface area (Å²) in [7, 11) is 0. The van der Waals surface area contributed by atoms with E-state index in [4.69, 9.17) is 5.84 Å². The van der Waals surface area contributed by atoms with E-state index in [-0.39, 0.29) is 5.69 Å². The van der Waals surface area contributed by atoms with E-state index in [0.717, 1.165) is 0 Å². The summed E-state index contributed by atoms with van der Waals surface area (Å²) in [4.78, 5) is 10.2. The van der Waals surface area contributed by atoms with E-state index in [2.05, 4.69) is 15.6 Å². The van der Waals surface area contributed by atoms with Crippen molar-refractivity contribution in [2.24, 2.45) is 5.84 Å². The minimum absolute atomic E-state index is 0.0188. The highest BCUT2D eigenvalue weighted by Gasteiger charge is 2.08. The predicted octanol–water partition coefficient (Wildman–Crippen LogP) is 1.34. The molecule has 0 spiro atoms. The molecule has 86 valence electrons. The average Bonchev–Trinajstić information content (AvgIpc) is 2.39. The fourth-order valence-corrected chi connectivity index (χ4v) is 1.34. The molecular formula is C10H9N5O2. The maximum atomic E-state index is 10.6. The lowest BCUT2D eigenvalue weighted by atomic mass is 10.1. The number of nitrogens with zero attached hydrogens (tertiary/aromatic N) is 3. The number of hydrogen-bond acceptors (Lipinski definition) is 6. The van der Waals surface area contributed by atoms with Gasteiger partial charge in [0.05, 0.1) is 10.6 Å². The van der Waals surface area contributed by atoms with Crippen LogP contribution >= 0.6 is 0 Å². The van der Waals surface area contributed by atoms with Gasteiger partial charge in [-0.1, -0.05) is 12.1 Å². The molecule has 1 aromatic carbocycles. The number of non-ortho nitro benzene ring substituents is 1. The number of nitrogen functional groups attached to an aromatic ring is 1. The Labute approximate surface area is 96.4 Å². The molecule has 0 amide bonds. The van der Waals surface area contributed by atoms with Crippen molar-refractivity contribution in [2.75, 3.05) is 5.43 Å². The molecule has 7 nitrogen and oxygen atoms in total. The summed E-state index contributed by atoms with van der Waals surface area (Å²) in [5.41, 5.74) is 3.56. The lowest BCUT2D eigenvalue weighted by Gasteiger charge is -2.01. The van der Waals surface area contributed by atoms with Gasteiger partial charge in [-0.3, -0.25) is 10.1 Å². The third kappa shape index (κ3) is 2.34. The Kier molecular flexibility index (Phi) is 2.93. The zero-order valence-corrected chi connectivity index (χ0v) is 8.70. The first-order chi connectivity index (χ1) is 8.20. The molecule has 0 bridgehead atoms. The molecule has 0 aliphatic heterocycles. The summed E-state index contributed by atoms with van der Waals surface area (Å²) < 4.78 is 0. The summed E-state index contributed by atoms with van der Waals surface area (Å²) in [6.07, 6.45) is 0. The first-order valence-electron chi connectivity index (χ1n) is 4.76. The molecule has 0 atom stereocenters. The Bertz CT molecular complexity index is 541. The van der Waals surface area contributed by atoms with Crippen molar-refractivity contribution < 1.29 is 4.92 Å². The standard InChI is InChI=1S/C10H9N5O2/c11-12-10-5-4-9(13-14-10)7-2-1-3-8(6-7)15(16)17/h1-6H,11H2,(H,12,14). The normalized spacial score (nSPS) is 9.94. The van der Waals surface area contributed by atoms with Gasteiger partial charge in [0, 0.05) is 17.7 Å². The highest BCUT2D eigenvalue weighted by atomic mass is 16.6. The van der Waals surface area contributed by atoms with Crippen LogP contribution in [0.4, 0.5) is 11.5 Å². The van der Waals surface area contributed by atoms with E-state index in [1.807, 2.05) is 0 Å². The maximum Gasteiger partial charge on any atom is 0.270 e. The van der Waals surface area contributed by atoms with Crippen molar-refractivity contribution in [1.82, 2.24) is 10.2 Å². The highest BCUT2D eigenvalue weighted by Crippen LogP contribution is 2.21. The van der Waals surface area contributed by atoms with Gasteiger partial charge >= 0.3 is 0 Å². The minimum atomic E-state index is -0.452. The van der Waals surface area contributed by atoms with Crippen molar-refractivity contribution in [3.05, 3.63) is 46.5 Å². The summed E-state index contributed by atoms with van der Waals surface area (Å²) in [5, 5.41) is 18.3. The van der Waals surface area contributed by atoms with Crippen molar-refractivity contribution in [2.45, 2.75) is 0 Å². The molecular weight excluding hydrogens is 222 g/mol. The second-order valence-corrected chi connectivity index (χ2v) is 3.26. The zero-order chi connectivity index (χ0) is 12.3. The summed E-state index contributed by atoms with van der Waals surface area (Å²) in [5.74, 6) is 5.59. The van der Waals surface area contributed by atoms with Gasteiger partial charge in [-0.05, 0) is 12.1 Å². The molecule has 0 aliphatic rings. The largest absolute Gasteiger partial charge is 0.307 e. The van der Waals surface area contributed by atoms with Gasteiger partial charge in [0.15, 0.2) is 5.82 Å². The number of aromatic nitrogens is 2. The number of hydrazine groups is 1. The molecule has 2 rings (SSSR count). The van der Waals surface area contributed by atoms with E-state index in [9.17, 15) is 10.1 Å². The number of hydrogen-bond donors (Lipinski definition) is 2. The SMILES string of the molecule is NNc1ccc(-c2cccc([N+](=O)[O-])c2)nn1. The number of benzene rings is 1. The molecule has 1 aromatic heterocycles. The van der Waals surface area contributed by atoms with Gasteiger partial charge in [-0.2, -0.15) is 0 Å². The van der Waals surface area contributed by atoms with E-state index in [1.54, 1.807) is 24.3 Å². The smallest absolute Gasteiger partial charge is 0.270 e. The van der Waals surface area contributed by atoms with Crippen LogP contribution in [0.2, 0.25) is 0 Å². The van der Waals surface area contributed by atoms with Crippen molar-refractivity contribution in [3.63, 3.8) is 0 Å². The van der Waals surface area contributed by atoms with Crippen molar-refractivity contribution in [1.29, 1.82) is 0 Å². The second kappa shape index (κ2) is 4.54. The molecule has 0 radical (unpaired) electrons. The molecule has 2 aromatic rings. The number of nitrogens with two attached hydrogens (primary N) is 1. The zero-order valence-electron chi connectivity index (χ0n) is 8.70. The van der Waals surface area contributed by atoms with Crippen LogP contribution in [0.3, 0.4) is 0 Å². The number of nitro groups is 1. The predicted molar refractivity (Wildman–Crippen MR) is 61.9 cm³/mol. The van der Waals surface area contributed by atoms with E-state index < -0.39 is 4.92 Å². The van der Waals surface area contributed by atoms with Gasteiger partial charge in [-0.25, -0.2) is 5.84 Å². The molecule has 1 heterocycles. The second-order valence-electron chi connectivity index (χ2n) is 3.26. The van der Waals surface area contributed by atoms with Gasteiger partial charge in [0.25, 0.3) is 5.69 Å². The van der Waals surface area contributed by atoms with Crippen molar-refractivity contribution in [3.8, 4) is 11.3 Å². The Balaban J connectivity index is 2.38. The van der Waals surface area contributed by atoms with Crippen LogP contribution in [0.1, 0.15) is 0 Å². The first kappa shape index (κ1) is 11.0. The molecule has 7 heteroatoms. The quantitative estimate of drug-likeness (QED) is 0.469. The fraction of sp³-hybridized carbons (Fsp3) is 0. The number of nitrogens with one attached hydrogen (secondary N) is 1. The molecule has 0 fully saturated rings. The number of rotatable bonds is 3. The van der Waals surface area contributed by atoms with Crippen LogP contribution in [0.15, 0.2) is 36.4 Å². The van der Waals surface area contributed by atoms with Gasteiger partial charge < -0.3 is 5.43 Å². The molecule has 0 unspecified atom stereocenters. The van der Waals surface area contributed by atoms with E-state index >= 15 is 0 Å². The Hall–Kier alpha value is -2.54. The third-order valence-electron chi connectivity index (χ3n) is 2.17. The van der Waals surface area contributed by atoms with Crippen LogP contribution in [0, 0.1) is 10.1 Å². The Morgan fingerprint density at radius 3 is 2.65 bits per heavy atom. The Morgan fingerprint density at radius 2 is 2.06 bits per heavy atom. The van der Waals surface area contributed by atoms with Gasteiger partial charge in [0.2, 0.25) is 0 Å². The van der Waals surface area contributed by atoms with E-state index in [0.29, 0.717) is 17.1 Å². The molecule has 0 aliphatic carbocycles. The molecule has 0 saturated heterocycles. The number of nitro benzene ring substituents is 1. The van der Waals surface area contributed by atoms with Crippen molar-refractivity contribution >= 4 is 11.5 Å². The fourth-order valence-electron chi connectivity index (χ4n) is 1.34. The monoisotopic (exact) mass is 231 g/mol. The van der Waals surface area contributed by atoms with Gasteiger partial charge in [-0.15, -0.1) is 10.2 Å². The van der Waals surface area contributed by atoms with Gasteiger partial charge in [0.1, 0.15) is 0 Å². The summed E-state index contributed by atoms with van der Waals surface area (Å²) in [6, 6.07) is 9.52. The average molecular weight is 231 g/mol. The molecule has 3 N–H and O–H groups in total. The number of anilines is 1. The lowest BCUT2D eigenvalue weighted by molar-refractivity contribution is -0.384. The lowest BCUT2D eigenvalue weighted by Crippen LogP contribution is -2.08. The van der Waals surface area contributed by atoms with Crippen LogP contribution in [0.5, 0.6) is 0 Å². The molecule has 17 heavy (non-hydrogen) atoms. The maximum absolute atomic E-state index is 10.6. The van der Waals surface area contributed by atoms with Crippen LogP contribution in [0.25, 0.3) is 11.3 Å². The Morgan fingerprint density at radius 1 is 1.24 bits per heavy atom. The summed E-state index contributed by atoms with van der Waals surface area (Å²) >= 11 is 0.